The van der Waals surface area contributed by atoms with Gasteiger partial charge in [-0.05, 0) is 19.1 Å². The van der Waals surface area contributed by atoms with E-state index in [1.165, 1.54) is 6.07 Å². The molecule has 0 aliphatic heterocycles. The van der Waals surface area contributed by atoms with Gasteiger partial charge in [0.05, 0.1) is 18.0 Å². The average molecular weight is 282 g/mol. The van der Waals surface area contributed by atoms with Gasteiger partial charge in [0.15, 0.2) is 0 Å². The molecule has 104 valence electrons. The Bertz CT molecular complexity index is 559. The van der Waals surface area contributed by atoms with Crippen molar-refractivity contribution in [3.63, 3.8) is 0 Å². The fraction of sp³-hybridized carbons (Fsp3) is 0.385. The third-order valence-corrected chi connectivity index (χ3v) is 3.76. The van der Waals surface area contributed by atoms with Crippen molar-refractivity contribution in [3.05, 3.63) is 29.8 Å². The van der Waals surface area contributed by atoms with Crippen LogP contribution >= 0.6 is 0 Å². The van der Waals surface area contributed by atoms with E-state index in [0.29, 0.717) is 18.8 Å². The van der Waals surface area contributed by atoms with Gasteiger partial charge in [-0.25, -0.2) is 13.1 Å². The Morgan fingerprint density at radius 2 is 2.11 bits per heavy atom. The topological polar surface area (TPSA) is 81.4 Å². The van der Waals surface area contributed by atoms with Gasteiger partial charge < -0.3 is 10.5 Å². The van der Waals surface area contributed by atoms with Crippen LogP contribution in [0.5, 0.6) is 0 Å². The number of nitrogens with one attached hydrogen (secondary N) is 1. The van der Waals surface area contributed by atoms with Crippen molar-refractivity contribution >= 4 is 10.0 Å². The van der Waals surface area contributed by atoms with Gasteiger partial charge in [-0.3, -0.25) is 0 Å². The molecule has 1 aromatic carbocycles. The van der Waals surface area contributed by atoms with Crippen molar-refractivity contribution in [1.29, 1.82) is 0 Å². The first-order valence-electron chi connectivity index (χ1n) is 5.97. The largest absolute Gasteiger partial charge is 0.380 e. The minimum absolute atomic E-state index is 0.160. The summed E-state index contributed by atoms with van der Waals surface area (Å²) in [5, 5.41) is 0. The van der Waals surface area contributed by atoms with Crippen LogP contribution < -0.4 is 10.5 Å². The second-order valence-electron chi connectivity index (χ2n) is 3.60. The molecule has 0 spiro atoms. The standard InChI is InChI=1S/C13H18N2O3S/c1-2-18-11-10-15-19(16,17)13-8-4-3-6-12(13)7-5-9-14/h3-4,6,8,15H,2,9-11,14H2,1H3. The summed E-state index contributed by atoms with van der Waals surface area (Å²) in [6.45, 7) is 3.17. The van der Waals surface area contributed by atoms with E-state index in [-0.39, 0.29) is 18.0 Å². The van der Waals surface area contributed by atoms with Crippen LogP contribution in [0, 0.1) is 11.8 Å². The van der Waals surface area contributed by atoms with Gasteiger partial charge in [0, 0.05) is 18.7 Å². The summed E-state index contributed by atoms with van der Waals surface area (Å²) in [6, 6.07) is 6.56. The van der Waals surface area contributed by atoms with Crippen LogP contribution in [0.3, 0.4) is 0 Å². The first-order valence-corrected chi connectivity index (χ1v) is 7.45. The van der Waals surface area contributed by atoms with E-state index in [9.17, 15) is 8.42 Å². The molecule has 19 heavy (non-hydrogen) atoms. The fourth-order valence-corrected chi connectivity index (χ4v) is 2.59. The van der Waals surface area contributed by atoms with Gasteiger partial charge in [-0.15, -0.1) is 0 Å². The molecule has 0 aromatic heterocycles. The lowest BCUT2D eigenvalue weighted by Crippen LogP contribution is -2.28. The van der Waals surface area contributed by atoms with Crippen molar-refractivity contribution in [2.75, 3.05) is 26.3 Å². The van der Waals surface area contributed by atoms with Crippen LogP contribution in [0.4, 0.5) is 0 Å². The summed E-state index contributed by atoms with van der Waals surface area (Å²) < 4.78 is 31.8. The number of hydrogen-bond donors (Lipinski definition) is 2. The molecule has 0 saturated carbocycles. The number of hydrogen-bond acceptors (Lipinski definition) is 4. The van der Waals surface area contributed by atoms with Crippen molar-refractivity contribution in [3.8, 4) is 11.8 Å². The monoisotopic (exact) mass is 282 g/mol. The van der Waals surface area contributed by atoms with E-state index in [0.717, 1.165) is 0 Å². The number of rotatable bonds is 6. The maximum Gasteiger partial charge on any atom is 0.241 e. The Kier molecular flexibility index (Phi) is 6.53. The number of sulfonamides is 1. The Morgan fingerprint density at radius 1 is 1.37 bits per heavy atom. The van der Waals surface area contributed by atoms with Gasteiger partial charge in [0.2, 0.25) is 10.0 Å². The van der Waals surface area contributed by atoms with Gasteiger partial charge >= 0.3 is 0 Å². The molecule has 0 amide bonds. The Morgan fingerprint density at radius 3 is 2.79 bits per heavy atom. The molecule has 0 fully saturated rings. The SMILES string of the molecule is CCOCCNS(=O)(=O)c1ccccc1C#CCN. The molecule has 1 aromatic rings. The molecular weight excluding hydrogens is 264 g/mol. The maximum absolute atomic E-state index is 12.1. The summed E-state index contributed by atoms with van der Waals surface area (Å²) in [5.41, 5.74) is 5.74. The minimum Gasteiger partial charge on any atom is -0.380 e. The van der Waals surface area contributed by atoms with E-state index in [2.05, 4.69) is 16.6 Å². The summed E-state index contributed by atoms with van der Waals surface area (Å²) in [4.78, 5) is 0.160. The molecule has 0 atom stereocenters. The molecule has 0 aliphatic carbocycles. The van der Waals surface area contributed by atoms with E-state index in [1.54, 1.807) is 18.2 Å². The molecule has 6 heteroatoms. The zero-order valence-corrected chi connectivity index (χ0v) is 11.7. The Hall–Kier alpha value is -1.39. The highest BCUT2D eigenvalue weighted by Crippen LogP contribution is 2.13. The van der Waals surface area contributed by atoms with Crippen LogP contribution in [0.2, 0.25) is 0 Å². The summed E-state index contributed by atoms with van der Waals surface area (Å²) >= 11 is 0. The molecule has 1 rings (SSSR count). The summed E-state index contributed by atoms with van der Waals surface area (Å²) in [5.74, 6) is 5.41. The first-order chi connectivity index (χ1) is 9.11. The molecule has 0 unspecified atom stereocenters. The highest BCUT2D eigenvalue weighted by Gasteiger charge is 2.16. The summed E-state index contributed by atoms with van der Waals surface area (Å²) in [7, 11) is -3.58. The van der Waals surface area contributed by atoms with Crippen molar-refractivity contribution < 1.29 is 13.2 Å². The van der Waals surface area contributed by atoms with Gasteiger partial charge in [-0.2, -0.15) is 0 Å². The molecule has 3 N–H and O–H groups in total. The van der Waals surface area contributed by atoms with Gasteiger partial charge in [0.25, 0.3) is 0 Å². The van der Waals surface area contributed by atoms with Crippen molar-refractivity contribution in [2.45, 2.75) is 11.8 Å². The summed E-state index contributed by atoms with van der Waals surface area (Å²) in [6.07, 6.45) is 0. The Labute approximate surface area is 114 Å². The molecule has 5 nitrogen and oxygen atoms in total. The lowest BCUT2D eigenvalue weighted by Gasteiger charge is -2.08. The maximum atomic E-state index is 12.1. The van der Waals surface area contributed by atoms with Crippen LogP contribution in [-0.2, 0) is 14.8 Å². The second-order valence-corrected chi connectivity index (χ2v) is 5.33. The number of nitrogens with two attached hydrogens (primary N) is 1. The first kappa shape index (κ1) is 15.7. The van der Waals surface area contributed by atoms with Crippen molar-refractivity contribution in [2.24, 2.45) is 5.73 Å². The molecular formula is C13H18N2O3S. The van der Waals surface area contributed by atoms with Crippen LogP contribution in [-0.4, -0.2) is 34.7 Å². The van der Waals surface area contributed by atoms with Gasteiger partial charge in [-0.1, -0.05) is 24.0 Å². The molecule has 0 saturated heterocycles. The predicted molar refractivity (Wildman–Crippen MR) is 74.1 cm³/mol. The second kappa shape index (κ2) is 7.92. The normalized spacial score (nSPS) is 10.8. The predicted octanol–water partition coefficient (Wildman–Crippen LogP) is 0.312. The smallest absolute Gasteiger partial charge is 0.241 e. The number of ether oxygens (including phenoxy) is 1. The van der Waals surface area contributed by atoms with Crippen molar-refractivity contribution in [1.82, 2.24) is 4.72 Å². The number of benzene rings is 1. The Balaban J connectivity index is 2.88. The fourth-order valence-electron chi connectivity index (χ4n) is 1.42. The lowest BCUT2D eigenvalue weighted by molar-refractivity contribution is 0.153. The van der Waals surface area contributed by atoms with E-state index in [4.69, 9.17) is 10.5 Å². The molecule has 0 radical (unpaired) electrons. The zero-order chi connectivity index (χ0) is 14.1. The minimum atomic E-state index is -3.58. The van der Waals surface area contributed by atoms with Crippen LogP contribution in [0.1, 0.15) is 12.5 Å². The third-order valence-electron chi connectivity index (χ3n) is 2.24. The highest BCUT2D eigenvalue weighted by molar-refractivity contribution is 7.89. The van der Waals surface area contributed by atoms with Crippen LogP contribution in [0.15, 0.2) is 29.2 Å². The lowest BCUT2D eigenvalue weighted by atomic mass is 10.2. The van der Waals surface area contributed by atoms with Crippen LogP contribution in [0.25, 0.3) is 0 Å². The molecule has 0 aliphatic rings. The van der Waals surface area contributed by atoms with E-state index < -0.39 is 10.0 Å². The zero-order valence-electron chi connectivity index (χ0n) is 10.8. The quantitative estimate of drug-likeness (QED) is 0.581. The third kappa shape index (κ3) is 5.01. The van der Waals surface area contributed by atoms with E-state index in [1.807, 2.05) is 6.92 Å². The van der Waals surface area contributed by atoms with E-state index >= 15 is 0 Å². The average Bonchev–Trinajstić information content (AvgIpc) is 2.41. The molecule has 0 bridgehead atoms. The molecule has 0 heterocycles. The van der Waals surface area contributed by atoms with Gasteiger partial charge in [0.1, 0.15) is 0 Å². The highest BCUT2D eigenvalue weighted by atomic mass is 32.2.